The predicted molar refractivity (Wildman–Crippen MR) is 120 cm³/mol. The zero-order chi connectivity index (χ0) is 20.6. The first kappa shape index (κ1) is 20.7. The second kappa shape index (κ2) is 9.94. The number of rotatable bonds is 8. The first-order valence-corrected chi connectivity index (χ1v) is 10.2. The minimum atomic E-state index is 0.273. The van der Waals surface area contributed by atoms with Crippen molar-refractivity contribution in [3.63, 3.8) is 0 Å². The first-order valence-electron chi connectivity index (χ1n) is 10.2. The second-order valence-electron chi connectivity index (χ2n) is 7.45. The number of quaternary nitrogens is 1. The van der Waals surface area contributed by atoms with Crippen LogP contribution in [0.1, 0.15) is 30.0 Å². The van der Waals surface area contributed by atoms with Crippen LogP contribution in [0.25, 0.3) is 11.1 Å². The molecule has 0 fully saturated rings. The molecule has 0 amide bonds. The van der Waals surface area contributed by atoms with Gasteiger partial charge in [-0.25, -0.2) is 0 Å². The van der Waals surface area contributed by atoms with Gasteiger partial charge in [0.15, 0.2) is 0 Å². The van der Waals surface area contributed by atoms with Crippen LogP contribution < -0.4 is 9.64 Å². The molecular formula is C26H30NO2+. The number of likely N-dealkylation sites (N-methyl/N-ethyl adjacent to an activating group) is 1. The predicted octanol–water partition coefficient (Wildman–Crippen LogP) is 4.28. The van der Waals surface area contributed by atoms with E-state index in [0.717, 1.165) is 35.4 Å². The Morgan fingerprint density at radius 3 is 2.14 bits per heavy atom. The quantitative estimate of drug-likeness (QED) is 0.565. The van der Waals surface area contributed by atoms with Gasteiger partial charge in [0.1, 0.15) is 24.7 Å². The molecule has 3 heteroatoms. The minimum absolute atomic E-state index is 0.273. The summed E-state index contributed by atoms with van der Waals surface area (Å²) in [7, 11) is 4.24. The Morgan fingerprint density at radius 2 is 1.52 bits per heavy atom. The molecule has 0 heterocycles. The number of aromatic hydroxyl groups is 1. The van der Waals surface area contributed by atoms with Crippen LogP contribution in [-0.2, 0) is 0 Å². The molecule has 29 heavy (non-hydrogen) atoms. The van der Waals surface area contributed by atoms with Crippen LogP contribution in [0, 0.1) is 0 Å². The monoisotopic (exact) mass is 388 g/mol. The van der Waals surface area contributed by atoms with Gasteiger partial charge in [-0.1, -0.05) is 61.5 Å². The maximum absolute atomic E-state index is 10.1. The van der Waals surface area contributed by atoms with E-state index in [4.69, 9.17) is 4.74 Å². The highest BCUT2D eigenvalue weighted by atomic mass is 16.5. The molecule has 0 aromatic heterocycles. The first-order chi connectivity index (χ1) is 14.1. The Bertz CT molecular complexity index is 944. The molecule has 0 saturated heterocycles. The molecule has 0 aliphatic heterocycles. The van der Waals surface area contributed by atoms with E-state index in [1.54, 1.807) is 6.07 Å². The molecule has 0 aliphatic carbocycles. The molecule has 0 bridgehead atoms. The Balaban J connectivity index is 2.03. The fraction of sp³-hybridized carbons (Fsp3) is 0.231. The smallest absolute Gasteiger partial charge is 0.137 e. The van der Waals surface area contributed by atoms with Crippen molar-refractivity contribution in [1.29, 1.82) is 0 Å². The fourth-order valence-electron chi connectivity index (χ4n) is 3.43. The zero-order valence-electron chi connectivity index (χ0n) is 17.5. The molecule has 3 nitrogen and oxygen atoms in total. The standard InChI is InChI=1S/C26H29NO2/c1-4-25(20-9-6-5-7-10-20)26(22-11-8-12-23(28)19-22)21-13-15-24(16-14-21)29-18-17-27(2)3/h5-16,19,28H,4,17-18H2,1-3H3/p+1/b26-25+. The second-order valence-corrected chi connectivity index (χ2v) is 7.45. The Kier molecular flexibility index (Phi) is 7.09. The number of allylic oxidation sites excluding steroid dienone is 1. The van der Waals surface area contributed by atoms with Crippen LogP contribution in [0.5, 0.6) is 11.5 Å². The summed E-state index contributed by atoms with van der Waals surface area (Å²) in [5.41, 5.74) is 5.71. The SMILES string of the molecule is CC/C(=C(/c1ccc(OCC[NH+](C)C)cc1)c1cccc(O)c1)c1ccccc1. The largest absolute Gasteiger partial charge is 0.508 e. The van der Waals surface area contributed by atoms with Gasteiger partial charge < -0.3 is 14.7 Å². The molecule has 0 unspecified atom stereocenters. The molecule has 0 saturated carbocycles. The van der Waals surface area contributed by atoms with Gasteiger partial charge in [0.2, 0.25) is 0 Å². The normalized spacial score (nSPS) is 12.0. The van der Waals surface area contributed by atoms with Crippen molar-refractivity contribution < 1.29 is 14.7 Å². The summed E-state index contributed by atoms with van der Waals surface area (Å²) in [6, 6.07) is 26.2. The van der Waals surface area contributed by atoms with Crippen molar-refractivity contribution in [2.24, 2.45) is 0 Å². The van der Waals surface area contributed by atoms with Crippen molar-refractivity contribution in [3.8, 4) is 11.5 Å². The lowest BCUT2D eigenvalue weighted by atomic mass is 9.88. The zero-order valence-corrected chi connectivity index (χ0v) is 17.5. The van der Waals surface area contributed by atoms with Gasteiger partial charge in [-0.15, -0.1) is 0 Å². The lowest BCUT2D eigenvalue weighted by molar-refractivity contribution is -0.858. The molecule has 0 radical (unpaired) electrons. The number of ether oxygens (including phenoxy) is 1. The summed E-state index contributed by atoms with van der Waals surface area (Å²) in [5, 5.41) is 10.1. The molecule has 3 aromatic carbocycles. The van der Waals surface area contributed by atoms with Crippen LogP contribution in [-0.4, -0.2) is 32.4 Å². The van der Waals surface area contributed by atoms with Gasteiger partial charge in [0.25, 0.3) is 0 Å². The van der Waals surface area contributed by atoms with E-state index in [1.165, 1.54) is 16.0 Å². The van der Waals surface area contributed by atoms with Crippen molar-refractivity contribution in [3.05, 3.63) is 95.6 Å². The maximum atomic E-state index is 10.1. The fourth-order valence-corrected chi connectivity index (χ4v) is 3.43. The van der Waals surface area contributed by atoms with Crippen LogP contribution in [0.2, 0.25) is 0 Å². The average molecular weight is 389 g/mol. The van der Waals surface area contributed by atoms with Gasteiger partial charge in [-0.2, -0.15) is 0 Å². The number of phenols is 1. The number of benzene rings is 3. The van der Waals surface area contributed by atoms with Gasteiger partial charge in [-0.05, 0) is 58.5 Å². The third kappa shape index (κ3) is 5.49. The number of hydrogen-bond acceptors (Lipinski definition) is 2. The molecule has 0 atom stereocenters. The van der Waals surface area contributed by atoms with Crippen molar-refractivity contribution in [2.75, 3.05) is 27.2 Å². The van der Waals surface area contributed by atoms with Crippen LogP contribution in [0.4, 0.5) is 0 Å². The van der Waals surface area contributed by atoms with Crippen LogP contribution in [0.3, 0.4) is 0 Å². The van der Waals surface area contributed by atoms with E-state index >= 15 is 0 Å². The van der Waals surface area contributed by atoms with E-state index in [1.807, 2.05) is 30.3 Å². The molecule has 0 spiro atoms. The lowest BCUT2D eigenvalue weighted by Crippen LogP contribution is -3.06. The Morgan fingerprint density at radius 1 is 0.828 bits per heavy atom. The topological polar surface area (TPSA) is 33.9 Å². The summed E-state index contributed by atoms with van der Waals surface area (Å²) in [6.07, 6.45) is 0.888. The lowest BCUT2D eigenvalue weighted by Gasteiger charge is -2.17. The van der Waals surface area contributed by atoms with Crippen molar-refractivity contribution >= 4 is 11.1 Å². The van der Waals surface area contributed by atoms with Crippen LogP contribution in [0.15, 0.2) is 78.9 Å². The Labute approximate surface area is 173 Å². The van der Waals surface area contributed by atoms with Crippen molar-refractivity contribution in [2.45, 2.75) is 13.3 Å². The van der Waals surface area contributed by atoms with Crippen LogP contribution >= 0.6 is 0 Å². The maximum Gasteiger partial charge on any atom is 0.137 e. The third-order valence-electron chi connectivity index (χ3n) is 4.93. The van der Waals surface area contributed by atoms with Gasteiger partial charge in [0.05, 0.1) is 14.1 Å². The van der Waals surface area contributed by atoms with E-state index in [0.29, 0.717) is 6.61 Å². The van der Waals surface area contributed by atoms with E-state index in [-0.39, 0.29) is 5.75 Å². The highest BCUT2D eigenvalue weighted by Gasteiger charge is 2.13. The Hall–Kier alpha value is -3.04. The molecule has 150 valence electrons. The number of phenolic OH excluding ortho intramolecular Hbond substituents is 1. The molecule has 3 aromatic rings. The number of nitrogens with one attached hydrogen (secondary N) is 1. The molecule has 3 rings (SSSR count). The van der Waals surface area contributed by atoms with Gasteiger partial charge >= 0.3 is 0 Å². The number of hydrogen-bond donors (Lipinski definition) is 2. The highest BCUT2D eigenvalue weighted by molar-refractivity contribution is 5.98. The molecule has 2 N–H and O–H groups in total. The van der Waals surface area contributed by atoms with E-state index < -0.39 is 0 Å². The van der Waals surface area contributed by atoms with Gasteiger partial charge in [0, 0.05) is 0 Å². The van der Waals surface area contributed by atoms with Crippen molar-refractivity contribution in [1.82, 2.24) is 0 Å². The summed E-state index contributed by atoms with van der Waals surface area (Å²) in [4.78, 5) is 1.37. The van der Waals surface area contributed by atoms with E-state index in [9.17, 15) is 5.11 Å². The summed E-state index contributed by atoms with van der Waals surface area (Å²) >= 11 is 0. The molecule has 0 aliphatic rings. The molecular weight excluding hydrogens is 358 g/mol. The summed E-state index contributed by atoms with van der Waals surface area (Å²) < 4.78 is 5.87. The third-order valence-corrected chi connectivity index (χ3v) is 4.93. The summed E-state index contributed by atoms with van der Waals surface area (Å²) in [5.74, 6) is 1.15. The minimum Gasteiger partial charge on any atom is -0.508 e. The average Bonchev–Trinajstić information content (AvgIpc) is 2.73. The van der Waals surface area contributed by atoms with Gasteiger partial charge in [-0.3, -0.25) is 0 Å². The highest BCUT2D eigenvalue weighted by Crippen LogP contribution is 2.35. The van der Waals surface area contributed by atoms with E-state index in [2.05, 4.69) is 63.5 Å². The summed E-state index contributed by atoms with van der Waals surface area (Å²) in [6.45, 7) is 3.83.